The van der Waals surface area contributed by atoms with Crippen LogP contribution in [0.5, 0.6) is 0 Å². The van der Waals surface area contributed by atoms with E-state index in [-0.39, 0.29) is 18.2 Å². The van der Waals surface area contributed by atoms with Crippen molar-refractivity contribution in [2.75, 3.05) is 12.3 Å². The summed E-state index contributed by atoms with van der Waals surface area (Å²) in [5.74, 6) is -0.296. The molecule has 1 aromatic heterocycles. The van der Waals surface area contributed by atoms with E-state index in [9.17, 15) is 9.90 Å². The minimum absolute atomic E-state index is 0.0346. The van der Waals surface area contributed by atoms with E-state index in [0.29, 0.717) is 12.2 Å². The van der Waals surface area contributed by atoms with Gasteiger partial charge < -0.3 is 16.2 Å². The zero-order chi connectivity index (χ0) is 13.2. The first-order valence-corrected chi connectivity index (χ1v) is 6.36. The molecular weight excluding hydrogens is 232 g/mol. The third-order valence-corrected chi connectivity index (χ3v) is 3.57. The highest BCUT2D eigenvalue weighted by Gasteiger charge is 2.35. The number of hydrogen-bond donors (Lipinski definition) is 3. The number of aromatic nitrogens is 2. The fourth-order valence-corrected chi connectivity index (χ4v) is 2.45. The molecule has 2 rings (SSSR count). The van der Waals surface area contributed by atoms with E-state index in [4.69, 9.17) is 5.73 Å². The third-order valence-electron chi connectivity index (χ3n) is 3.57. The van der Waals surface area contributed by atoms with E-state index in [0.717, 1.165) is 25.7 Å². The lowest BCUT2D eigenvalue weighted by molar-refractivity contribution is 0.0833. The Balaban J connectivity index is 2.13. The molecule has 0 unspecified atom stereocenters. The van der Waals surface area contributed by atoms with Gasteiger partial charge in [-0.3, -0.25) is 9.48 Å². The normalized spacial score (nSPS) is 17.9. The molecule has 1 aromatic rings. The van der Waals surface area contributed by atoms with Gasteiger partial charge in [-0.05, 0) is 19.8 Å². The fraction of sp³-hybridized carbons (Fsp3) is 0.667. The Morgan fingerprint density at radius 2 is 2.28 bits per heavy atom. The summed E-state index contributed by atoms with van der Waals surface area (Å²) < 4.78 is 1.63. The molecule has 0 aromatic carbocycles. The number of nitrogen functional groups attached to an aromatic ring is 1. The number of carbonyl (C=O) groups is 1. The molecule has 6 heteroatoms. The maximum absolute atomic E-state index is 12.1. The number of nitrogens with two attached hydrogens (primary N) is 1. The van der Waals surface area contributed by atoms with Gasteiger partial charge in [0.15, 0.2) is 5.69 Å². The molecule has 1 heterocycles. The van der Waals surface area contributed by atoms with Crippen LogP contribution in [0.25, 0.3) is 0 Å². The zero-order valence-electron chi connectivity index (χ0n) is 10.6. The number of aliphatic hydroxyl groups excluding tert-OH is 1. The molecule has 1 amide bonds. The van der Waals surface area contributed by atoms with E-state index in [1.54, 1.807) is 10.9 Å². The minimum Gasteiger partial charge on any atom is -0.396 e. The van der Waals surface area contributed by atoms with Gasteiger partial charge in [-0.15, -0.1) is 0 Å². The Hall–Kier alpha value is -1.56. The van der Waals surface area contributed by atoms with Crippen LogP contribution >= 0.6 is 0 Å². The third kappa shape index (κ3) is 2.33. The topological polar surface area (TPSA) is 93.2 Å². The van der Waals surface area contributed by atoms with Crippen LogP contribution < -0.4 is 11.1 Å². The van der Waals surface area contributed by atoms with Gasteiger partial charge in [-0.25, -0.2) is 0 Å². The lowest BCUT2D eigenvalue weighted by Crippen LogP contribution is -2.49. The lowest BCUT2D eigenvalue weighted by atomic mass is 9.98. The Morgan fingerprint density at radius 1 is 1.61 bits per heavy atom. The molecule has 1 saturated carbocycles. The van der Waals surface area contributed by atoms with Gasteiger partial charge in [-0.2, -0.15) is 5.10 Å². The first-order chi connectivity index (χ1) is 8.60. The van der Waals surface area contributed by atoms with E-state index in [1.165, 1.54) is 0 Å². The molecule has 18 heavy (non-hydrogen) atoms. The average Bonchev–Trinajstić information content (AvgIpc) is 2.96. The molecule has 4 N–H and O–H groups in total. The van der Waals surface area contributed by atoms with Crippen molar-refractivity contribution < 1.29 is 9.90 Å². The largest absolute Gasteiger partial charge is 0.396 e. The number of aryl methyl sites for hydroxylation is 1. The second-order valence-electron chi connectivity index (χ2n) is 4.89. The van der Waals surface area contributed by atoms with Crippen LogP contribution in [0.3, 0.4) is 0 Å². The quantitative estimate of drug-likeness (QED) is 0.728. The van der Waals surface area contributed by atoms with Crippen LogP contribution in [-0.4, -0.2) is 32.9 Å². The first kappa shape index (κ1) is 12.9. The van der Waals surface area contributed by atoms with Crippen molar-refractivity contribution in [1.82, 2.24) is 15.1 Å². The smallest absolute Gasteiger partial charge is 0.274 e. The molecule has 100 valence electrons. The summed E-state index contributed by atoms with van der Waals surface area (Å²) in [6.07, 6.45) is 5.32. The molecule has 0 saturated heterocycles. The number of nitrogens with zero attached hydrogens (tertiary/aromatic N) is 2. The highest BCUT2D eigenvalue weighted by Crippen LogP contribution is 2.29. The van der Waals surface area contributed by atoms with Crippen molar-refractivity contribution in [1.29, 1.82) is 0 Å². The molecule has 0 radical (unpaired) electrons. The van der Waals surface area contributed by atoms with E-state index < -0.39 is 5.54 Å². The van der Waals surface area contributed by atoms with Gasteiger partial charge in [0, 0.05) is 12.7 Å². The maximum atomic E-state index is 12.1. The number of hydrogen-bond acceptors (Lipinski definition) is 4. The van der Waals surface area contributed by atoms with Crippen LogP contribution in [-0.2, 0) is 6.54 Å². The molecule has 0 atom stereocenters. The van der Waals surface area contributed by atoms with Gasteiger partial charge in [0.25, 0.3) is 5.91 Å². The molecule has 1 aliphatic rings. The summed E-state index contributed by atoms with van der Waals surface area (Å²) in [6, 6.07) is 0. The molecule has 1 aliphatic carbocycles. The predicted octanol–water partition coefficient (Wildman–Crippen LogP) is 0.520. The van der Waals surface area contributed by atoms with Gasteiger partial charge in [0.1, 0.15) is 0 Å². The number of anilines is 1. The van der Waals surface area contributed by atoms with E-state index in [1.807, 2.05) is 6.92 Å². The van der Waals surface area contributed by atoms with Crippen LogP contribution in [0.4, 0.5) is 5.69 Å². The monoisotopic (exact) mass is 252 g/mol. The summed E-state index contributed by atoms with van der Waals surface area (Å²) in [6.45, 7) is 2.57. The van der Waals surface area contributed by atoms with Crippen molar-refractivity contribution in [2.45, 2.75) is 44.7 Å². The Morgan fingerprint density at radius 3 is 2.78 bits per heavy atom. The fourth-order valence-electron chi connectivity index (χ4n) is 2.45. The zero-order valence-corrected chi connectivity index (χ0v) is 10.6. The molecular formula is C12H20N4O2. The summed E-state index contributed by atoms with van der Waals surface area (Å²) in [5, 5.41) is 16.5. The molecule has 0 aliphatic heterocycles. The second-order valence-corrected chi connectivity index (χ2v) is 4.89. The van der Waals surface area contributed by atoms with Crippen molar-refractivity contribution in [2.24, 2.45) is 0 Å². The summed E-state index contributed by atoms with van der Waals surface area (Å²) in [5.41, 5.74) is 5.91. The molecule has 0 spiro atoms. The molecule has 0 bridgehead atoms. The van der Waals surface area contributed by atoms with Gasteiger partial charge >= 0.3 is 0 Å². The summed E-state index contributed by atoms with van der Waals surface area (Å²) in [4.78, 5) is 12.1. The first-order valence-electron chi connectivity index (χ1n) is 6.36. The SMILES string of the molecule is CCn1cc(N)c(C(=O)NC2(CO)CCCC2)n1. The standard InChI is InChI=1S/C12H20N4O2/c1-2-16-7-9(13)10(15-16)11(18)14-12(8-17)5-3-4-6-12/h7,17H,2-6,8,13H2,1H3,(H,14,18). The summed E-state index contributed by atoms with van der Waals surface area (Å²) >= 11 is 0. The van der Waals surface area contributed by atoms with Crippen molar-refractivity contribution in [3.63, 3.8) is 0 Å². The minimum atomic E-state index is -0.487. The highest BCUT2D eigenvalue weighted by molar-refractivity contribution is 5.97. The predicted molar refractivity (Wildman–Crippen MR) is 68.1 cm³/mol. The number of nitrogens with one attached hydrogen (secondary N) is 1. The Bertz CT molecular complexity index is 435. The Labute approximate surface area is 106 Å². The number of carbonyl (C=O) groups excluding carboxylic acids is 1. The van der Waals surface area contributed by atoms with Gasteiger partial charge in [0.05, 0.1) is 17.8 Å². The van der Waals surface area contributed by atoms with Crippen molar-refractivity contribution in [3.05, 3.63) is 11.9 Å². The Kier molecular flexibility index (Phi) is 3.56. The maximum Gasteiger partial charge on any atom is 0.274 e. The van der Waals surface area contributed by atoms with Crippen LogP contribution in [0.2, 0.25) is 0 Å². The number of aliphatic hydroxyl groups is 1. The highest BCUT2D eigenvalue weighted by atomic mass is 16.3. The van der Waals surface area contributed by atoms with Crippen LogP contribution in [0.15, 0.2) is 6.20 Å². The van der Waals surface area contributed by atoms with Gasteiger partial charge in [0.2, 0.25) is 0 Å². The molecule has 1 fully saturated rings. The van der Waals surface area contributed by atoms with Gasteiger partial charge in [-0.1, -0.05) is 12.8 Å². The molecule has 6 nitrogen and oxygen atoms in total. The van der Waals surface area contributed by atoms with E-state index >= 15 is 0 Å². The second kappa shape index (κ2) is 4.97. The van der Waals surface area contributed by atoms with E-state index in [2.05, 4.69) is 10.4 Å². The average molecular weight is 252 g/mol. The summed E-state index contributed by atoms with van der Waals surface area (Å²) in [7, 11) is 0. The van der Waals surface area contributed by atoms with Crippen molar-refractivity contribution >= 4 is 11.6 Å². The number of amides is 1. The van der Waals surface area contributed by atoms with Crippen LogP contribution in [0, 0.1) is 0 Å². The van der Waals surface area contributed by atoms with Crippen molar-refractivity contribution in [3.8, 4) is 0 Å². The number of rotatable bonds is 4. The lowest BCUT2D eigenvalue weighted by Gasteiger charge is -2.27. The van der Waals surface area contributed by atoms with Crippen LogP contribution in [0.1, 0.15) is 43.1 Å².